The summed E-state index contributed by atoms with van der Waals surface area (Å²) in [5.41, 5.74) is -0.253. The van der Waals surface area contributed by atoms with Crippen LogP contribution in [0.15, 0.2) is 64.3 Å². The molecule has 0 aliphatic carbocycles. The third-order valence-corrected chi connectivity index (χ3v) is 6.23. The van der Waals surface area contributed by atoms with Crippen LogP contribution in [0.1, 0.15) is 45.9 Å². The minimum atomic E-state index is -1.03. The third kappa shape index (κ3) is 5.70. The highest BCUT2D eigenvalue weighted by atomic mass is 35.5. The molecule has 1 aliphatic heterocycles. The number of hydrogen-bond donors (Lipinski definition) is 1. The van der Waals surface area contributed by atoms with Gasteiger partial charge in [-0.1, -0.05) is 30.1 Å². The summed E-state index contributed by atoms with van der Waals surface area (Å²) in [4.78, 5) is 53.1. The molecule has 1 unspecified atom stereocenters. The number of halogens is 2. The molecule has 2 aromatic carbocycles. The van der Waals surface area contributed by atoms with E-state index in [1.165, 1.54) is 30.5 Å². The number of rotatable bonds is 7. The number of nitrogens with zero attached hydrogens (tertiary/aromatic N) is 1. The Morgan fingerprint density at radius 3 is 2.17 bits per heavy atom. The van der Waals surface area contributed by atoms with Gasteiger partial charge < -0.3 is 19.2 Å². The van der Waals surface area contributed by atoms with Crippen LogP contribution < -0.4 is 11.2 Å². The van der Waals surface area contributed by atoms with E-state index in [0.717, 1.165) is 4.57 Å². The SMILES string of the molecule is CCc1c[nH]c(=O)n([C@H]2CC(OC(=O)c3ccc(Cl)cc3)[C@@H](COC(=O)c3ccc(Cl)cc3)O2)c1=O. The molecule has 0 spiro atoms. The second kappa shape index (κ2) is 11.1. The lowest BCUT2D eigenvalue weighted by Crippen LogP contribution is -2.39. The maximum atomic E-state index is 12.8. The second-order valence-electron chi connectivity index (χ2n) is 8.07. The zero-order valence-electron chi connectivity index (χ0n) is 19.1. The van der Waals surface area contributed by atoms with Crippen LogP contribution in [-0.2, 0) is 20.6 Å². The lowest BCUT2D eigenvalue weighted by atomic mass is 10.1. The number of benzene rings is 2. The second-order valence-corrected chi connectivity index (χ2v) is 8.94. The van der Waals surface area contributed by atoms with Crippen molar-refractivity contribution in [1.82, 2.24) is 9.55 Å². The normalized spacial score (nSPS) is 19.1. The number of H-pyrrole nitrogens is 1. The van der Waals surface area contributed by atoms with Crippen LogP contribution in [0.25, 0.3) is 0 Å². The molecule has 0 saturated carbocycles. The topological polar surface area (TPSA) is 117 Å². The Morgan fingerprint density at radius 2 is 1.58 bits per heavy atom. The summed E-state index contributed by atoms with van der Waals surface area (Å²) in [5.74, 6) is -1.29. The van der Waals surface area contributed by atoms with Crippen LogP contribution in [0.4, 0.5) is 0 Å². The first-order chi connectivity index (χ1) is 17.3. The average Bonchev–Trinajstić information content (AvgIpc) is 3.25. The van der Waals surface area contributed by atoms with Crippen molar-refractivity contribution in [3.63, 3.8) is 0 Å². The first-order valence-corrected chi connectivity index (χ1v) is 11.9. The van der Waals surface area contributed by atoms with Gasteiger partial charge in [-0.25, -0.2) is 19.0 Å². The van der Waals surface area contributed by atoms with Crippen LogP contribution in [0.2, 0.25) is 10.0 Å². The fourth-order valence-electron chi connectivity index (χ4n) is 3.79. The van der Waals surface area contributed by atoms with Crippen LogP contribution in [0.3, 0.4) is 0 Å². The number of aryl methyl sites for hydroxylation is 1. The molecule has 0 bridgehead atoms. The number of ether oxygens (including phenoxy) is 3. The molecule has 11 heteroatoms. The van der Waals surface area contributed by atoms with Gasteiger partial charge in [-0.15, -0.1) is 0 Å². The molecule has 1 aromatic heterocycles. The summed E-state index contributed by atoms with van der Waals surface area (Å²) in [7, 11) is 0. The fourth-order valence-corrected chi connectivity index (χ4v) is 4.04. The standard InChI is InChI=1S/C25H22Cl2N2O7/c1-2-14-12-28-25(33)29(22(14)30)21-11-19(36-24(32)16-5-9-18(27)10-6-16)20(35-21)13-34-23(31)15-3-7-17(26)8-4-15/h3-10,12,19-21H,2,11,13H2,1H3,(H,28,33)/t19?,20-,21-/m1/s1. The summed E-state index contributed by atoms with van der Waals surface area (Å²) < 4.78 is 17.9. The average molecular weight is 533 g/mol. The Hall–Kier alpha value is -3.40. The molecule has 36 heavy (non-hydrogen) atoms. The lowest BCUT2D eigenvalue weighted by molar-refractivity contribution is -0.0590. The van der Waals surface area contributed by atoms with E-state index >= 15 is 0 Å². The monoisotopic (exact) mass is 532 g/mol. The minimum absolute atomic E-state index is 0.00134. The van der Waals surface area contributed by atoms with Crippen LogP contribution in [0.5, 0.6) is 0 Å². The van der Waals surface area contributed by atoms with Gasteiger partial charge in [-0.05, 0) is 55.0 Å². The smallest absolute Gasteiger partial charge is 0.338 e. The number of carbonyl (C=O) groups is 2. The van der Waals surface area contributed by atoms with E-state index in [1.54, 1.807) is 31.2 Å². The zero-order valence-corrected chi connectivity index (χ0v) is 20.6. The minimum Gasteiger partial charge on any atom is -0.459 e. The molecule has 3 aromatic rings. The highest BCUT2D eigenvalue weighted by molar-refractivity contribution is 6.31. The maximum Gasteiger partial charge on any atom is 0.338 e. The molecule has 1 saturated heterocycles. The molecule has 4 rings (SSSR count). The van der Waals surface area contributed by atoms with Crippen molar-refractivity contribution in [2.75, 3.05) is 6.61 Å². The fraction of sp³-hybridized carbons (Fsp3) is 0.280. The molecule has 0 radical (unpaired) electrons. The summed E-state index contributed by atoms with van der Waals surface area (Å²) in [6.45, 7) is 1.50. The molecule has 188 valence electrons. The molecular formula is C25H22Cl2N2O7. The van der Waals surface area contributed by atoms with Gasteiger partial charge in [0.05, 0.1) is 11.1 Å². The number of aromatic amines is 1. The molecule has 1 aliphatic rings. The third-order valence-electron chi connectivity index (χ3n) is 5.73. The molecule has 0 amide bonds. The highest BCUT2D eigenvalue weighted by Crippen LogP contribution is 2.30. The van der Waals surface area contributed by atoms with Crippen molar-refractivity contribution >= 4 is 35.1 Å². The zero-order chi connectivity index (χ0) is 25.8. The van der Waals surface area contributed by atoms with E-state index in [2.05, 4.69) is 4.98 Å². The summed E-state index contributed by atoms with van der Waals surface area (Å²) >= 11 is 11.7. The number of carbonyl (C=O) groups excluding carboxylic acids is 2. The predicted molar refractivity (Wildman–Crippen MR) is 132 cm³/mol. The van der Waals surface area contributed by atoms with Crippen molar-refractivity contribution in [3.8, 4) is 0 Å². The number of esters is 2. The summed E-state index contributed by atoms with van der Waals surface area (Å²) in [6.07, 6.45) is -1.11. The number of hydrogen-bond acceptors (Lipinski definition) is 7. The van der Waals surface area contributed by atoms with Gasteiger partial charge in [0.2, 0.25) is 0 Å². The Morgan fingerprint density at radius 1 is 1.00 bits per heavy atom. The van der Waals surface area contributed by atoms with Crippen LogP contribution in [0, 0.1) is 0 Å². The van der Waals surface area contributed by atoms with Gasteiger partial charge in [-0.3, -0.25) is 4.79 Å². The van der Waals surface area contributed by atoms with Crippen LogP contribution in [-0.4, -0.2) is 40.3 Å². The van der Waals surface area contributed by atoms with Gasteiger partial charge in [-0.2, -0.15) is 0 Å². The van der Waals surface area contributed by atoms with Crippen molar-refractivity contribution < 1.29 is 23.8 Å². The Labute approximate surface area is 215 Å². The van der Waals surface area contributed by atoms with E-state index in [1.807, 2.05) is 0 Å². The van der Waals surface area contributed by atoms with E-state index in [9.17, 15) is 19.2 Å². The predicted octanol–water partition coefficient (Wildman–Crippen LogP) is 3.78. The number of nitrogens with one attached hydrogen (secondary N) is 1. The molecule has 1 fully saturated rings. The van der Waals surface area contributed by atoms with Gasteiger partial charge in [0.1, 0.15) is 25.0 Å². The maximum absolute atomic E-state index is 12.8. The quantitative estimate of drug-likeness (QED) is 0.460. The molecule has 9 nitrogen and oxygen atoms in total. The summed E-state index contributed by atoms with van der Waals surface area (Å²) in [5, 5.41) is 0.921. The Kier molecular flexibility index (Phi) is 7.93. The van der Waals surface area contributed by atoms with Gasteiger partial charge in [0, 0.05) is 28.2 Å². The Balaban J connectivity index is 1.56. The van der Waals surface area contributed by atoms with Crippen molar-refractivity contribution in [3.05, 3.63) is 102 Å². The van der Waals surface area contributed by atoms with Gasteiger partial charge in [0.25, 0.3) is 5.56 Å². The Bertz CT molecular complexity index is 1370. The van der Waals surface area contributed by atoms with Crippen LogP contribution >= 0.6 is 23.2 Å². The number of aromatic nitrogens is 2. The van der Waals surface area contributed by atoms with Gasteiger partial charge >= 0.3 is 17.6 Å². The summed E-state index contributed by atoms with van der Waals surface area (Å²) in [6, 6.07) is 12.2. The van der Waals surface area contributed by atoms with Crippen molar-refractivity contribution in [2.24, 2.45) is 0 Å². The first kappa shape index (κ1) is 25.7. The molecular weight excluding hydrogens is 511 g/mol. The van der Waals surface area contributed by atoms with E-state index in [-0.39, 0.29) is 24.2 Å². The highest BCUT2D eigenvalue weighted by Gasteiger charge is 2.41. The van der Waals surface area contributed by atoms with E-state index in [4.69, 9.17) is 37.4 Å². The van der Waals surface area contributed by atoms with Crippen molar-refractivity contribution in [1.29, 1.82) is 0 Å². The molecule has 3 atom stereocenters. The lowest BCUT2D eigenvalue weighted by Gasteiger charge is -2.19. The van der Waals surface area contributed by atoms with Gasteiger partial charge in [0.15, 0.2) is 0 Å². The van der Waals surface area contributed by atoms with Crippen molar-refractivity contribution in [2.45, 2.75) is 38.2 Å². The molecule has 1 N–H and O–H groups in total. The molecule has 2 heterocycles. The van der Waals surface area contributed by atoms with E-state index < -0.39 is 41.6 Å². The first-order valence-electron chi connectivity index (χ1n) is 11.1. The van der Waals surface area contributed by atoms with E-state index in [0.29, 0.717) is 22.0 Å². The largest absolute Gasteiger partial charge is 0.459 e.